The van der Waals surface area contributed by atoms with E-state index in [2.05, 4.69) is 29.2 Å². The average molecular weight is 341 g/mol. The third kappa shape index (κ3) is 3.14. The highest BCUT2D eigenvalue weighted by atomic mass is 16.2. The van der Waals surface area contributed by atoms with Crippen LogP contribution in [0.4, 0.5) is 4.79 Å². The van der Waals surface area contributed by atoms with E-state index in [0.29, 0.717) is 11.7 Å². The first-order valence-electron chi connectivity index (χ1n) is 8.37. The van der Waals surface area contributed by atoms with Gasteiger partial charge in [0.2, 0.25) is 0 Å². The van der Waals surface area contributed by atoms with Gasteiger partial charge in [0.15, 0.2) is 0 Å². The molecular weight excluding hydrogens is 318 g/mol. The number of imide groups is 1. The summed E-state index contributed by atoms with van der Waals surface area (Å²) >= 11 is 0. The van der Waals surface area contributed by atoms with Crippen molar-refractivity contribution in [2.24, 2.45) is 13.0 Å². The van der Waals surface area contributed by atoms with Gasteiger partial charge in [-0.1, -0.05) is 38.1 Å². The summed E-state index contributed by atoms with van der Waals surface area (Å²) in [6, 6.07) is 7.46. The first-order valence-corrected chi connectivity index (χ1v) is 8.37. The molecule has 7 nitrogen and oxygen atoms in total. The number of amides is 3. The summed E-state index contributed by atoms with van der Waals surface area (Å²) in [5.41, 5.74) is 0.931. The van der Waals surface area contributed by atoms with Crippen molar-refractivity contribution in [3.05, 3.63) is 47.5 Å². The van der Waals surface area contributed by atoms with Crippen molar-refractivity contribution in [3.63, 3.8) is 0 Å². The molecule has 1 aliphatic rings. The lowest BCUT2D eigenvalue weighted by atomic mass is 9.90. The van der Waals surface area contributed by atoms with Crippen molar-refractivity contribution in [1.82, 2.24) is 25.0 Å². The summed E-state index contributed by atoms with van der Waals surface area (Å²) < 4.78 is 1.55. The van der Waals surface area contributed by atoms with Crippen LogP contribution in [0.2, 0.25) is 0 Å². The van der Waals surface area contributed by atoms with Gasteiger partial charge < -0.3 is 5.32 Å². The number of hydrogen-bond acceptors (Lipinski definition) is 4. The summed E-state index contributed by atoms with van der Waals surface area (Å²) in [6.07, 6.45) is 2.38. The van der Waals surface area contributed by atoms with Crippen LogP contribution < -0.4 is 5.32 Å². The third-order valence-electron chi connectivity index (χ3n) is 4.55. The number of carbonyl (C=O) groups excluding carboxylic acids is 2. The molecule has 1 aliphatic heterocycles. The largest absolute Gasteiger partial charge is 0.325 e. The number of urea groups is 1. The van der Waals surface area contributed by atoms with Crippen LogP contribution in [0, 0.1) is 5.92 Å². The lowest BCUT2D eigenvalue weighted by Gasteiger charge is -2.22. The van der Waals surface area contributed by atoms with Gasteiger partial charge in [-0.2, -0.15) is 5.10 Å². The van der Waals surface area contributed by atoms with Crippen LogP contribution in [0.25, 0.3) is 0 Å². The summed E-state index contributed by atoms with van der Waals surface area (Å²) in [6.45, 7) is 6.17. The fourth-order valence-electron chi connectivity index (χ4n) is 3.09. The molecule has 0 radical (unpaired) electrons. The van der Waals surface area contributed by atoms with E-state index in [4.69, 9.17) is 0 Å². The quantitative estimate of drug-likeness (QED) is 0.843. The first kappa shape index (κ1) is 17.1. The number of nitrogens with one attached hydrogen (secondary N) is 1. The van der Waals surface area contributed by atoms with Crippen molar-refractivity contribution >= 4 is 11.9 Å². The van der Waals surface area contributed by atoms with E-state index in [0.717, 1.165) is 12.0 Å². The van der Waals surface area contributed by atoms with Crippen LogP contribution in [0.15, 0.2) is 30.6 Å². The van der Waals surface area contributed by atoms with Gasteiger partial charge in [0, 0.05) is 7.05 Å². The number of hydrogen-bond donors (Lipinski definition) is 1. The fourth-order valence-corrected chi connectivity index (χ4v) is 3.09. The van der Waals surface area contributed by atoms with Crippen LogP contribution in [-0.4, -0.2) is 31.6 Å². The molecule has 1 aromatic carbocycles. The molecule has 1 saturated heterocycles. The Morgan fingerprint density at radius 2 is 1.88 bits per heavy atom. The standard InChI is InChI=1S/C18H23N5O2/c1-12(2)9-13-5-7-14(8-6-13)18(3)16(24)23(17(25)21-18)10-15-19-11-20-22(15)4/h5-8,11-12H,9-10H2,1-4H3,(H,21,25)/t18-/m0/s1. The molecule has 0 spiro atoms. The Bertz CT molecular complexity index is 796. The highest BCUT2D eigenvalue weighted by molar-refractivity contribution is 6.07. The molecule has 2 aromatic rings. The van der Waals surface area contributed by atoms with E-state index in [9.17, 15) is 9.59 Å². The number of nitrogens with zero attached hydrogens (tertiary/aromatic N) is 4. The molecule has 1 N–H and O–H groups in total. The van der Waals surface area contributed by atoms with E-state index in [1.54, 1.807) is 18.7 Å². The maximum Gasteiger partial charge on any atom is 0.325 e. The molecule has 1 fully saturated rings. The minimum atomic E-state index is -1.06. The molecule has 3 amide bonds. The zero-order valence-corrected chi connectivity index (χ0v) is 15.0. The van der Waals surface area contributed by atoms with Gasteiger partial charge in [-0.15, -0.1) is 0 Å². The maximum atomic E-state index is 12.9. The molecule has 0 unspecified atom stereocenters. The Kier molecular flexibility index (Phi) is 4.32. The Morgan fingerprint density at radius 3 is 2.44 bits per heavy atom. The van der Waals surface area contributed by atoms with Crippen molar-refractivity contribution in [2.75, 3.05) is 0 Å². The Balaban J connectivity index is 1.83. The molecule has 1 atom stereocenters. The van der Waals surface area contributed by atoms with Crippen molar-refractivity contribution in [3.8, 4) is 0 Å². The van der Waals surface area contributed by atoms with Gasteiger partial charge in [-0.05, 0) is 30.4 Å². The van der Waals surface area contributed by atoms with Crippen molar-refractivity contribution in [1.29, 1.82) is 0 Å². The second kappa shape index (κ2) is 6.31. The van der Waals surface area contributed by atoms with E-state index in [1.807, 2.05) is 24.3 Å². The minimum absolute atomic E-state index is 0.0994. The summed E-state index contributed by atoms with van der Waals surface area (Å²) in [4.78, 5) is 30.6. The van der Waals surface area contributed by atoms with Gasteiger partial charge in [-0.25, -0.2) is 9.78 Å². The molecule has 3 rings (SSSR count). The number of benzene rings is 1. The lowest BCUT2D eigenvalue weighted by molar-refractivity contribution is -0.131. The van der Waals surface area contributed by atoms with Gasteiger partial charge in [0.1, 0.15) is 17.7 Å². The number of aryl methyl sites for hydroxylation is 1. The van der Waals surface area contributed by atoms with Crippen LogP contribution in [-0.2, 0) is 30.3 Å². The second-order valence-electron chi connectivity index (χ2n) is 7.04. The maximum absolute atomic E-state index is 12.9. The highest BCUT2D eigenvalue weighted by Gasteiger charge is 2.49. The van der Waals surface area contributed by atoms with Crippen LogP contribution in [0.3, 0.4) is 0 Å². The molecule has 0 saturated carbocycles. The summed E-state index contributed by atoms with van der Waals surface area (Å²) in [7, 11) is 1.73. The molecule has 0 aliphatic carbocycles. The summed E-state index contributed by atoms with van der Waals surface area (Å²) in [5.74, 6) is 0.841. The normalized spacial score (nSPS) is 20.4. The summed E-state index contributed by atoms with van der Waals surface area (Å²) in [5, 5.41) is 6.79. The zero-order valence-electron chi connectivity index (χ0n) is 15.0. The number of carbonyl (C=O) groups is 2. The predicted molar refractivity (Wildman–Crippen MR) is 92.4 cm³/mol. The monoisotopic (exact) mass is 341 g/mol. The first-order chi connectivity index (χ1) is 11.8. The molecule has 2 heterocycles. The van der Waals surface area contributed by atoms with Gasteiger partial charge in [0.25, 0.3) is 5.91 Å². The van der Waals surface area contributed by atoms with Crippen LogP contribution in [0.1, 0.15) is 37.7 Å². The van der Waals surface area contributed by atoms with Crippen LogP contribution >= 0.6 is 0 Å². The molecule has 25 heavy (non-hydrogen) atoms. The topological polar surface area (TPSA) is 80.1 Å². The fraction of sp³-hybridized carbons (Fsp3) is 0.444. The molecule has 0 bridgehead atoms. The van der Waals surface area contributed by atoms with E-state index >= 15 is 0 Å². The SMILES string of the molecule is CC(C)Cc1ccc([C@]2(C)NC(=O)N(Cc3ncnn3C)C2=O)cc1. The predicted octanol–water partition coefficient (Wildman–Crippen LogP) is 1.98. The van der Waals surface area contributed by atoms with Crippen molar-refractivity contribution < 1.29 is 9.59 Å². The van der Waals surface area contributed by atoms with Crippen molar-refractivity contribution in [2.45, 2.75) is 39.3 Å². The van der Waals surface area contributed by atoms with E-state index < -0.39 is 11.6 Å². The van der Waals surface area contributed by atoms with Gasteiger partial charge in [0.05, 0.1) is 6.54 Å². The smallest absolute Gasteiger partial charge is 0.319 e. The minimum Gasteiger partial charge on any atom is -0.319 e. The Labute approximate surface area is 147 Å². The van der Waals surface area contributed by atoms with Gasteiger partial charge >= 0.3 is 6.03 Å². The third-order valence-corrected chi connectivity index (χ3v) is 4.55. The molecule has 7 heteroatoms. The van der Waals surface area contributed by atoms with Gasteiger partial charge in [-0.3, -0.25) is 14.4 Å². The zero-order chi connectivity index (χ0) is 18.2. The Morgan fingerprint density at radius 1 is 1.20 bits per heavy atom. The lowest BCUT2D eigenvalue weighted by Crippen LogP contribution is -2.40. The van der Waals surface area contributed by atoms with E-state index in [-0.39, 0.29) is 12.5 Å². The second-order valence-corrected chi connectivity index (χ2v) is 7.04. The van der Waals surface area contributed by atoms with Crippen LogP contribution in [0.5, 0.6) is 0 Å². The molecule has 1 aromatic heterocycles. The average Bonchev–Trinajstić information content (AvgIpc) is 3.05. The highest BCUT2D eigenvalue weighted by Crippen LogP contribution is 2.30. The van der Waals surface area contributed by atoms with E-state index in [1.165, 1.54) is 16.8 Å². The number of rotatable bonds is 5. The molecular formula is C18H23N5O2. The Hall–Kier alpha value is -2.70. The number of aromatic nitrogens is 3. The molecule has 132 valence electrons.